The Morgan fingerprint density at radius 3 is 2.78 bits per heavy atom. The fourth-order valence-corrected chi connectivity index (χ4v) is 2.05. The summed E-state index contributed by atoms with van der Waals surface area (Å²) in [4.78, 5) is 27.4. The largest absolute Gasteiger partial charge is 0.418 e. The van der Waals surface area contributed by atoms with Gasteiger partial charge in [-0.15, -0.1) is 0 Å². The Kier molecular flexibility index (Phi) is 4.56. The number of ether oxygens (including phenoxy) is 3. The van der Waals surface area contributed by atoms with Gasteiger partial charge < -0.3 is 14.2 Å². The zero-order valence-electron chi connectivity index (χ0n) is 11.8. The summed E-state index contributed by atoms with van der Waals surface area (Å²) in [6, 6.07) is 7.74. The van der Waals surface area contributed by atoms with Crippen LogP contribution in [0, 0.1) is 0 Å². The quantitative estimate of drug-likeness (QED) is 0.921. The minimum atomic E-state index is -0.766. The van der Waals surface area contributed by atoms with Gasteiger partial charge >= 0.3 is 11.8 Å². The first-order chi connectivity index (χ1) is 11.1. The van der Waals surface area contributed by atoms with Crippen LogP contribution in [0.3, 0.4) is 0 Å². The topological polar surface area (TPSA) is 91.7 Å². The summed E-state index contributed by atoms with van der Waals surface area (Å²) in [5.74, 6) is 0.390. The number of halogens is 1. The van der Waals surface area contributed by atoms with Crippen LogP contribution in [0.15, 0.2) is 41.3 Å². The third kappa shape index (κ3) is 3.86. The van der Waals surface area contributed by atoms with Gasteiger partial charge in [-0.2, -0.15) is 4.98 Å². The first-order valence-corrected chi connectivity index (χ1v) is 7.02. The molecule has 0 radical (unpaired) electrons. The molecular weight excluding hydrogens is 326 g/mol. The van der Waals surface area contributed by atoms with Crippen molar-refractivity contribution in [3.8, 4) is 5.75 Å². The van der Waals surface area contributed by atoms with Crippen molar-refractivity contribution in [3.63, 3.8) is 0 Å². The third-order valence-electron chi connectivity index (χ3n) is 3.00. The number of carbonyl (C=O) groups is 1. The number of aromatic nitrogens is 2. The van der Waals surface area contributed by atoms with Crippen molar-refractivity contribution in [1.29, 1.82) is 0 Å². The lowest BCUT2D eigenvalue weighted by Crippen LogP contribution is -2.29. The van der Waals surface area contributed by atoms with Gasteiger partial charge in [0.2, 0.25) is 0 Å². The molecule has 9 heteroatoms. The molecular formula is C14H12ClN3O5. The average molecular weight is 338 g/mol. The van der Waals surface area contributed by atoms with Crippen molar-refractivity contribution in [3.05, 3.63) is 52.0 Å². The molecule has 1 N–H and O–H groups in total. The van der Waals surface area contributed by atoms with Gasteiger partial charge in [0, 0.05) is 11.2 Å². The molecule has 1 atom stereocenters. The Balaban J connectivity index is 1.65. The van der Waals surface area contributed by atoms with Crippen LogP contribution in [0.1, 0.15) is 6.23 Å². The molecule has 0 aliphatic carbocycles. The minimum Gasteiger partial charge on any atom is -0.410 e. The van der Waals surface area contributed by atoms with Crippen molar-refractivity contribution in [2.75, 3.05) is 18.7 Å². The molecule has 1 aliphatic heterocycles. The first-order valence-electron chi connectivity index (χ1n) is 6.65. The lowest BCUT2D eigenvalue weighted by Gasteiger charge is -2.11. The molecule has 2 heterocycles. The van der Waals surface area contributed by atoms with E-state index in [1.807, 2.05) is 0 Å². The predicted molar refractivity (Wildman–Crippen MR) is 80.5 cm³/mol. The van der Waals surface area contributed by atoms with Gasteiger partial charge in [-0.05, 0) is 30.3 Å². The first kappa shape index (κ1) is 15.5. The lowest BCUT2D eigenvalue weighted by atomic mass is 10.3. The van der Waals surface area contributed by atoms with E-state index in [0.29, 0.717) is 10.8 Å². The molecule has 1 aromatic heterocycles. The molecule has 1 fully saturated rings. The number of hydrogen-bond acceptors (Lipinski definition) is 6. The van der Waals surface area contributed by atoms with Crippen LogP contribution in [0.4, 0.5) is 10.6 Å². The van der Waals surface area contributed by atoms with Crippen LogP contribution in [-0.4, -0.2) is 29.0 Å². The van der Waals surface area contributed by atoms with Crippen LogP contribution in [-0.2, 0) is 9.47 Å². The Labute approximate surface area is 135 Å². The van der Waals surface area contributed by atoms with E-state index in [9.17, 15) is 9.59 Å². The number of rotatable bonds is 3. The van der Waals surface area contributed by atoms with Gasteiger partial charge in [-0.25, -0.2) is 9.59 Å². The Hall–Kier alpha value is -2.42. The third-order valence-corrected chi connectivity index (χ3v) is 3.25. The van der Waals surface area contributed by atoms with E-state index in [1.165, 1.54) is 16.8 Å². The summed E-state index contributed by atoms with van der Waals surface area (Å²) in [7, 11) is 0. The molecule has 1 saturated heterocycles. The second kappa shape index (κ2) is 6.78. The molecule has 1 aliphatic rings. The summed E-state index contributed by atoms with van der Waals surface area (Å²) in [5.41, 5.74) is -0.565. The number of carbonyl (C=O) groups excluding carboxylic acids is 1. The summed E-state index contributed by atoms with van der Waals surface area (Å²) in [5, 5.41) is 2.90. The normalized spacial score (nSPS) is 17.0. The van der Waals surface area contributed by atoms with Crippen LogP contribution in [0.5, 0.6) is 5.75 Å². The summed E-state index contributed by atoms with van der Waals surface area (Å²) in [6.07, 6.45) is 0.189. The predicted octanol–water partition coefficient (Wildman–Crippen LogP) is 2.01. The highest BCUT2D eigenvalue weighted by Gasteiger charge is 2.19. The van der Waals surface area contributed by atoms with Gasteiger partial charge in [0.05, 0.1) is 6.61 Å². The standard InChI is InChI=1S/C14H12ClN3O5/c15-9-1-3-10(4-2-9)23-14(20)17-11-5-6-18(13(19)16-11)12-7-21-8-22-12/h1-6,12H,7-8H2,(H,16,17,19,20). The van der Waals surface area contributed by atoms with Crippen molar-refractivity contribution >= 4 is 23.5 Å². The maximum atomic E-state index is 11.9. The Bertz CT molecular complexity index is 756. The molecule has 2 aromatic rings. The fraction of sp³-hybridized carbons (Fsp3) is 0.214. The number of benzene rings is 1. The molecule has 8 nitrogen and oxygen atoms in total. The molecule has 1 aromatic carbocycles. The van der Waals surface area contributed by atoms with Crippen LogP contribution in [0.25, 0.3) is 0 Å². The Morgan fingerprint density at radius 1 is 1.35 bits per heavy atom. The fourth-order valence-electron chi connectivity index (χ4n) is 1.93. The lowest BCUT2D eigenvalue weighted by molar-refractivity contribution is 0.0216. The number of nitrogens with one attached hydrogen (secondary N) is 1. The number of hydrogen-bond donors (Lipinski definition) is 1. The van der Waals surface area contributed by atoms with Crippen molar-refractivity contribution in [2.24, 2.45) is 0 Å². The van der Waals surface area contributed by atoms with E-state index in [2.05, 4.69) is 10.3 Å². The molecule has 23 heavy (non-hydrogen) atoms. The highest BCUT2D eigenvalue weighted by atomic mass is 35.5. The minimum absolute atomic E-state index is 0.0733. The second-order valence-electron chi connectivity index (χ2n) is 4.58. The van der Waals surface area contributed by atoms with Gasteiger partial charge in [-0.1, -0.05) is 11.6 Å². The van der Waals surface area contributed by atoms with Crippen molar-refractivity contribution in [1.82, 2.24) is 9.55 Å². The smallest absolute Gasteiger partial charge is 0.410 e. The molecule has 1 amide bonds. The van der Waals surface area contributed by atoms with Gasteiger partial charge in [0.25, 0.3) is 0 Å². The van der Waals surface area contributed by atoms with E-state index in [0.717, 1.165) is 0 Å². The monoisotopic (exact) mass is 337 g/mol. The van der Waals surface area contributed by atoms with Gasteiger partial charge in [-0.3, -0.25) is 9.88 Å². The highest BCUT2D eigenvalue weighted by Crippen LogP contribution is 2.16. The number of amides is 1. The van der Waals surface area contributed by atoms with Crippen molar-refractivity contribution in [2.45, 2.75) is 6.23 Å². The van der Waals surface area contributed by atoms with Crippen LogP contribution < -0.4 is 15.7 Å². The second-order valence-corrected chi connectivity index (χ2v) is 5.02. The molecule has 0 spiro atoms. The maximum absolute atomic E-state index is 11.9. The SMILES string of the molecule is O=C(Nc1ccn(C2COCO2)c(=O)n1)Oc1ccc(Cl)cc1. The Morgan fingerprint density at radius 2 is 2.13 bits per heavy atom. The molecule has 1 unspecified atom stereocenters. The van der Waals surface area contributed by atoms with Gasteiger partial charge in [0.15, 0.2) is 6.23 Å². The number of nitrogens with zero attached hydrogens (tertiary/aromatic N) is 2. The van der Waals surface area contributed by atoms with E-state index in [1.54, 1.807) is 24.3 Å². The van der Waals surface area contributed by atoms with E-state index >= 15 is 0 Å². The van der Waals surface area contributed by atoms with Crippen molar-refractivity contribution < 1.29 is 19.0 Å². The van der Waals surface area contributed by atoms with E-state index in [4.69, 9.17) is 25.8 Å². The summed E-state index contributed by atoms with van der Waals surface area (Å²) < 4.78 is 16.6. The molecule has 0 saturated carbocycles. The maximum Gasteiger partial charge on any atom is 0.418 e. The number of anilines is 1. The summed E-state index contributed by atoms with van der Waals surface area (Å²) >= 11 is 5.74. The van der Waals surface area contributed by atoms with Crippen LogP contribution >= 0.6 is 11.6 Å². The highest BCUT2D eigenvalue weighted by molar-refractivity contribution is 6.30. The molecule has 120 valence electrons. The zero-order chi connectivity index (χ0) is 16.2. The van der Waals surface area contributed by atoms with E-state index < -0.39 is 18.0 Å². The molecule has 3 rings (SSSR count). The molecule has 0 bridgehead atoms. The van der Waals surface area contributed by atoms with E-state index in [-0.39, 0.29) is 19.2 Å². The van der Waals surface area contributed by atoms with Gasteiger partial charge in [0.1, 0.15) is 18.4 Å². The zero-order valence-corrected chi connectivity index (χ0v) is 12.5. The summed E-state index contributed by atoms with van der Waals surface area (Å²) in [6.45, 7) is 0.400. The average Bonchev–Trinajstić information content (AvgIpc) is 3.04. The van der Waals surface area contributed by atoms with Crippen LogP contribution in [0.2, 0.25) is 5.02 Å².